The largest absolute Gasteiger partial charge is 0.455 e. The van der Waals surface area contributed by atoms with Gasteiger partial charge in [-0.3, -0.25) is 9.78 Å². The van der Waals surface area contributed by atoms with E-state index in [4.69, 9.17) is 4.42 Å². The van der Waals surface area contributed by atoms with Crippen LogP contribution in [0.4, 0.5) is 5.69 Å². The zero-order chi connectivity index (χ0) is 16.6. The van der Waals surface area contributed by atoms with E-state index >= 15 is 0 Å². The summed E-state index contributed by atoms with van der Waals surface area (Å²) in [6.45, 7) is 5.97. The Bertz CT molecular complexity index is 776. The first kappa shape index (κ1) is 15.3. The molecule has 0 fully saturated rings. The van der Waals surface area contributed by atoms with E-state index in [1.807, 2.05) is 6.92 Å². The van der Waals surface area contributed by atoms with E-state index < -0.39 is 0 Å². The molecule has 23 heavy (non-hydrogen) atoms. The quantitative estimate of drug-likeness (QED) is 0.657. The molecular weight excluding hydrogens is 294 g/mol. The van der Waals surface area contributed by atoms with Gasteiger partial charge in [0.1, 0.15) is 5.76 Å². The third-order valence-electron chi connectivity index (χ3n) is 4.06. The van der Waals surface area contributed by atoms with Crippen molar-refractivity contribution in [3.05, 3.63) is 47.2 Å². The second-order valence-electron chi connectivity index (χ2n) is 6.61. The number of nitrogens with one attached hydrogen (secondary N) is 1. The maximum absolute atomic E-state index is 12.5. The molecule has 2 aromatic heterocycles. The summed E-state index contributed by atoms with van der Waals surface area (Å²) < 4.78 is 5.82. The Balaban J connectivity index is 1.97. The second kappa shape index (κ2) is 5.53. The lowest BCUT2D eigenvalue weighted by atomic mass is 9.75. The molecule has 0 saturated heterocycles. The van der Waals surface area contributed by atoms with Gasteiger partial charge in [0.15, 0.2) is 5.76 Å². The summed E-state index contributed by atoms with van der Waals surface area (Å²) in [6, 6.07) is 3.42. The van der Waals surface area contributed by atoms with E-state index in [0.29, 0.717) is 35.6 Å². The van der Waals surface area contributed by atoms with Crippen molar-refractivity contribution >= 4 is 17.3 Å². The van der Waals surface area contributed by atoms with Gasteiger partial charge in [-0.05, 0) is 30.9 Å². The number of hydrogen-bond donors (Lipinski definition) is 2. The van der Waals surface area contributed by atoms with Crippen LogP contribution in [0.1, 0.15) is 47.7 Å². The van der Waals surface area contributed by atoms with E-state index in [9.17, 15) is 10.0 Å². The van der Waals surface area contributed by atoms with Crippen molar-refractivity contribution in [2.75, 3.05) is 5.32 Å². The zero-order valence-corrected chi connectivity index (χ0v) is 13.4. The first-order valence-corrected chi connectivity index (χ1v) is 7.46. The van der Waals surface area contributed by atoms with Gasteiger partial charge in [-0.1, -0.05) is 19.0 Å². The van der Waals surface area contributed by atoms with Gasteiger partial charge >= 0.3 is 0 Å². The maximum atomic E-state index is 12.5. The van der Waals surface area contributed by atoms with Gasteiger partial charge in [-0.25, -0.2) is 0 Å². The standard InChI is InChI=1S/C17H19N3O3/c1-10-14-12(20-22)8-17(2,3)9-13(14)23-15(10)16(21)19-11-4-6-18-7-5-11/h4-7,22H,8-9H2,1-3H3,(H,18,19,21)/b20-12-. The smallest absolute Gasteiger partial charge is 0.291 e. The lowest BCUT2D eigenvalue weighted by Crippen LogP contribution is -2.27. The minimum absolute atomic E-state index is 0.0717. The second-order valence-corrected chi connectivity index (χ2v) is 6.61. The number of furan rings is 1. The van der Waals surface area contributed by atoms with Crippen LogP contribution in [-0.4, -0.2) is 21.8 Å². The number of nitrogens with zero attached hydrogens (tertiary/aromatic N) is 2. The summed E-state index contributed by atoms with van der Waals surface area (Å²) in [4.78, 5) is 16.4. The third kappa shape index (κ3) is 2.84. The van der Waals surface area contributed by atoms with Crippen LogP contribution < -0.4 is 5.32 Å². The van der Waals surface area contributed by atoms with Crippen LogP contribution >= 0.6 is 0 Å². The first-order chi connectivity index (χ1) is 10.9. The van der Waals surface area contributed by atoms with Crippen LogP contribution in [0.25, 0.3) is 0 Å². The molecule has 0 radical (unpaired) electrons. The highest BCUT2D eigenvalue weighted by Crippen LogP contribution is 2.38. The van der Waals surface area contributed by atoms with E-state index in [1.165, 1.54) is 0 Å². The molecule has 0 atom stereocenters. The highest BCUT2D eigenvalue weighted by molar-refractivity contribution is 6.09. The lowest BCUT2D eigenvalue weighted by Gasteiger charge is -2.28. The van der Waals surface area contributed by atoms with Gasteiger partial charge in [0.05, 0.1) is 5.71 Å². The Morgan fingerprint density at radius 3 is 2.70 bits per heavy atom. The third-order valence-corrected chi connectivity index (χ3v) is 4.06. The molecule has 2 aromatic rings. The molecule has 0 saturated carbocycles. The molecule has 1 aliphatic rings. The molecule has 0 aromatic carbocycles. The number of amides is 1. The fourth-order valence-corrected chi connectivity index (χ4v) is 3.04. The maximum Gasteiger partial charge on any atom is 0.291 e. The Hall–Kier alpha value is -2.63. The number of hydrogen-bond acceptors (Lipinski definition) is 5. The Labute approximate surface area is 134 Å². The van der Waals surface area contributed by atoms with Gasteiger partial charge in [-0.15, -0.1) is 0 Å². The Kier molecular flexibility index (Phi) is 3.67. The predicted molar refractivity (Wildman–Crippen MR) is 86.1 cm³/mol. The molecular formula is C17H19N3O3. The Morgan fingerprint density at radius 1 is 1.35 bits per heavy atom. The van der Waals surface area contributed by atoms with E-state index in [2.05, 4.69) is 29.3 Å². The number of fused-ring (bicyclic) bond motifs is 1. The molecule has 3 rings (SSSR count). The van der Waals surface area contributed by atoms with E-state index in [0.717, 1.165) is 5.56 Å². The number of pyridine rings is 1. The summed E-state index contributed by atoms with van der Waals surface area (Å²) in [5.41, 5.74) is 2.61. The fraction of sp³-hybridized carbons (Fsp3) is 0.353. The van der Waals surface area contributed by atoms with Crippen molar-refractivity contribution in [1.29, 1.82) is 0 Å². The summed E-state index contributed by atoms with van der Waals surface area (Å²) in [7, 11) is 0. The van der Waals surface area contributed by atoms with Crippen LogP contribution in [0.15, 0.2) is 34.1 Å². The van der Waals surface area contributed by atoms with Crippen LogP contribution in [0, 0.1) is 12.3 Å². The molecule has 0 bridgehead atoms. The SMILES string of the molecule is Cc1c(C(=O)Nc2ccncc2)oc2c1/C(=N\O)CC(C)(C)C2. The number of carbonyl (C=O) groups excluding carboxylic acids is 1. The molecule has 1 amide bonds. The van der Waals surface area contributed by atoms with Crippen LogP contribution in [-0.2, 0) is 6.42 Å². The molecule has 1 aliphatic carbocycles. The number of carbonyl (C=O) groups is 1. The summed E-state index contributed by atoms with van der Waals surface area (Å²) in [5.74, 6) is 0.635. The van der Waals surface area contributed by atoms with Gasteiger partial charge in [0, 0.05) is 35.6 Å². The molecule has 6 heteroatoms. The van der Waals surface area contributed by atoms with Crippen molar-refractivity contribution in [2.45, 2.75) is 33.6 Å². The number of rotatable bonds is 2. The van der Waals surface area contributed by atoms with Gasteiger partial charge < -0.3 is 14.9 Å². The Morgan fingerprint density at radius 2 is 2.04 bits per heavy atom. The van der Waals surface area contributed by atoms with Crippen molar-refractivity contribution < 1.29 is 14.4 Å². The lowest BCUT2D eigenvalue weighted by molar-refractivity contribution is 0.0993. The van der Waals surface area contributed by atoms with Crippen molar-refractivity contribution in [1.82, 2.24) is 4.98 Å². The molecule has 6 nitrogen and oxygen atoms in total. The minimum Gasteiger partial charge on any atom is -0.455 e. The van der Waals surface area contributed by atoms with Crippen molar-refractivity contribution in [3.63, 3.8) is 0 Å². The molecule has 0 spiro atoms. The molecule has 120 valence electrons. The highest BCUT2D eigenvalue weighted by Gasteiger charge is 2.36. The summed E-state index contributed by atoms with van der Waals surface area (Å²) >= 11 is 0. The monoisotopic (exact) mass is 313 g/mol. The number of oxime groups is 1. The summed E-state index contributed by atoms with van der Waals surface area (Å²) in [6.07, 6.45) is 4.55. The van der Waals surface area contributed by atoms with Gasteiger partial charge in [-0.2, -0.15) is 0 Å². The zero-order valence-electron chi connectivity index (χ0n) is 13.4. The highest BCUT2D eigenvalue weighted by atomic mass is 16.4. The fourth-order valence-electron chi connectivity index (χ4n) is 3.04. The van der Waals surface area contributed by atoms with Crippen LogP contribution in [0.2, 0.25) is 0 Å². The first-order valence-electron chi connectivity index (χ1n) is 7.46. The molecule has 2 N–H and O–H groups in total. The normalized spacial score (nSPS) is 17.8. The van der Waals surface area contributed by atoms with E-state index in [1.54, 1.807) is 24.5 Å². The van der Waals surface area contributed by atoms with Gasteiger partial charge in [0.25, 0.3) is 5.91 Å². The average molecular weight is 313 g/mol. The van der Waals surface area contributed by atoms with Crippen molar-refractivity contribution in [2.24, 2.45) is 10.6 Å². The average Bonchev–Trinajstić information content (AvgIpc) is 2.83. The van der Waals surface area contributed by atoms with Crippen LogP contribution in [0.5, 0.6) is 0 Å². The topological polar surface area (TPSA) is 87.7 Å². The predicted octanol–water partition coefficient (Wildman–Crippen LogP) is 3.39. The molecule has 2 heterocycles. The van der Waals surface area contributed by atoms with Crippen LogP contribution in [0.3, 0.4) is 0 Å². The minimum atomic E-state index is -0.321. The molecule has 0 unspecified atom stereocenters. The molecule has 0 aliphatic heterocycles. The van der Waals surface area contributed by atoms with E-state index in [-0.39, 0.29) is 17.1 Å². The van der Waals surface area contributed by atoms with Crippen molar-refractivity contribution in [3.8, 4) is 0 Å². The summed E-state index contributed by atoms with van der Waals surface area (Å²) in [5, 5.41) is 15.5. The number of anilines is 1. The number of aromatic nitrogens is 1. The van der Waals surface area contributed by atoms with Gasteiger partial charge in [0.2, 0.25) is 0 Å².